The second kappa shape index (κ2) is 6.49. The fraction of sp³-hybridized carbons (Fsp3) is 0.467. The van der Waals surface area contributed by atoms with Gasteiger partial charge in [-0.25, -0.2) is 0 Å². The van der Waals surface area contributed by atoms with Gasteiger partial charge in [-0.3, -0.25) is 0 Å². The summed E-state index contributed by atoms with van der Waals surface area (Å²) >= 11 is 0. The topological polar surface area (TPSA) is 12.0 Å². The van der Waals surface area contributed by atoms with Crippen molar-refractivity contribution < 1.29 is 0 Å². The van der Waals surface area contributed by atoms with Gasteiger partial charge in [0.15, 0.2) is 0 Å². The van der Waals surface area contributed by atoms with Gasteiger partial charge in [0.05, 0.1) is 0 Å². The molecule has 0 amide bonds. The van der Waals surface area contributed by atoms with Crippen LogP contribution in [0.15, 0.2) is 29.8 Å². The van der Waals surface area contributed by atoms with E-state index in [0.717, 1.165) is 13.0 Å². The van der Waals surface area contributed by atoms with E-state index in [1.165, 1.54) is 16.7 Å². The molecule has 1 nitrogen and oxygen atoms in total. The molecule has 0 fully saturated rings. The Kier molecular flexibility index (Phi) is 5.27. The number of benzene rings is 1. The second-order valence-corrected chi connectivity index (χ2v) is 4.61. The number of hydrogen-bond donors (Lipinski definition) is 1. The monoisotopic (exact) mass is 217 g/mol. The van der Waals surface area contributed by atoms with Crippen LogP contribution in [0.1, 0.15) is 38.3 Å². The van der Waals surface area contributed by atoms with Crippen molar-refractivity contribution in [3.8, 4) is 0 Å². The Labute approximate surface area is 99.6 Å². The van der Waals surface area contributed by atoms with Crippen LogP contribution in [0.2, 0.25) is 0 Å². The first-order chi connectivity index (χ1) is 7.61. The van der Waals surface area contributed by atoms with Gasteiger partial charge in [0.2, 0.25) is 0 Å². The summed E-state index contributed by atoms with van der Waals surface area (Å²) in [6, 6.07) is 9.19. The van der Waals surface area contributed by atoms with E-state index in [2.05, 4.69) is 63.4 Å². The van der Waals surface area contributed by atoms with Crippen LogP contribution in [0, 0.1) is 6.92 Å². The van der Waals surface area contributed by atoms with Gasteiger partial charge in [-0.15, -0.1) is 0 Å². The Morgan fingerprint density at radius 3 is 2.69 bits per heavy atom. The van der Waals surface area contributed by atoms with Crippen LogP contribution in [0.5, 0.6) is 0 Å². The lowest BCUT2D eigenvalue weighted by Gasteiger charge is -2.10. The molecule has 1 aromatic carbocycles. The Hall–Kier alpha value is -1.08. The van der Waals surface area contributed by atoms with Gasteiger partial charge in [-0.1, -0.05) is 62.2 Å². The summed E-state index contributed by atoms with van der Waals surface area (Å²) in [4.78, 5) is 0. The first-order valence-corrected chi connectivity index (χ1v) is 6.11. The standard InChI is InChI=1S/C15H23N/c1-5-14(11-16-12(2)3)10-15-8-6-7-13(4)9-15/h6-10,12,16H,5,11H2,1-4H3. The third-order valence-corrected chi connectivity index (χ3v) is 2.60. The van der Waals surface area contributed by atoms with Crippen LogP contribution < -0.4 is 5.32 Å². The molecule has 0 atom stereocenters. The molecule has 0 saturated carbocycles. The lowest BCUT2D eigenvalue weighted by Crippen LogP contribution is -2.24. The van der Waals surface area contributed by atoms with Crippen LogP contribution in [-0.4, -0.2) is 12.6 Å². The second-order valence-electron chi connectivity index (χ2n) is 4.61. The van der Waals surface area contributed by atoms with Crippen molar-refractivity contribution in [3.63, 3.8) is 0 Å². The van der Waals surface area contributed by atoms with Gasteiger partial charge in [0, 0.05) is 12.6 Å². The van der Waals surface area contributed by atoms with Crippen LogP contribution in [0.4, 0.5) is 0 Å². The third-order valence-electron chi connectivity index (χ3n) is 2.60. The molecule has 88 valence electrons. The third kappa shape index (κ3) is 4.63. The molecule has 0 aliphatic heterocycles. The van der Waals surface area contributed by atoms with Gasteiger partial charge in [-0.05, 0) is 18.9 Å². The van der Waals surface area contributed by atoms with E-state index < -0.39 is 0 Å². The van der Waals surface area contributed by atoms with E-state index in [1.54, 1.807) is 0 Å². The zero-order valence-electron chi connectivity index (χ0n) is 10.9. The highest BCUT2D eigenvalue weighted by Gasteiger charge is 1.97. The molecule has 1 heteroatoms. The molecule has 0 bridgehead atoms. The van der Waals surface area contributed by atoms with E-state index in [4.69, 9.17) is 0 Å². The van der Waals surface area contributed by atoms with E-state index in [1.807, 2.05) is 0 Å². The molecular weight excluding hydrogens is 194 g/mol. The van der Waals surface area contributed by atoms with Crippen molar-refractivity contribution in [2.24, 2.45) is 0 Å². The summed E-state index contributed by atoms with van der Waals surface area (Å²) in [5.74, 6) is 0. The van der Waals surface area contributed by atoms with Crippen LogP contribution in [-0.2, 0) is 0 Å². The summed E-state index contributed by atoms with van der Waals surface area (Å²) in [6.07, 6.45) is 3.40. The van der Waals surface area contributed by atoms with Gasteiger partial charge in [0.25, 0.3) is 0 Å². The van der Waals surface area contributed by atoms with E-state index in [9.17, 15) is 0 Å². The molecule has 0 heterocycles. The average molecular weight is 217 g/mol. The van der Waals surface area contributed by atoms with E-state index >= 15 is 0 Å². The maximum absolute atomic E-state index is 3.46. The molecule has 0 saturated heterocycles. The van der Waals surface area contributed by atoms with Crippen molar-refractivity contribution in [1.29, 1.82) is 0 Å². The highest BCUT2D eigenvalue weighted by molar-refractivity contribution is 5.54. The first kappa shape index (κ1) is 13.0. The zero-order chi connectivity index (χ0) is 12.0. The molecule has 0 aromatic heterocycles. The molecule has 1 aromatic rings. The minimum atomic E-state index is 0.549. The summed E-state index contributed by atoms with van der Waals surface area (Å²) in [7, 11) is 0. The SMILES string of the molecule is CCC(=Cc1cccc(C)c1)CNC(C)C. The van der Waals surface area contributed by atoms with Crippen molar-refractivity contribution in [2.45, 2.75) is 40.2 Å². The van der Waals surface area contributed by atoms with Gasteiger partial charge in [-0.2, -0.15) is 0 Å². The smallest absolute Gasteiger partial charge is 0.0170 e. The van der Waals surface area contributed by atoms with Gasteiger partial charge < -0.3 is 5.32 Å². The minimum Gasteiger partial charge on any atom is -0.311 e. The normalized spacial score (nSPS) is 12.2. The van der Waals surface area contributed by atoms with Gasteiger partial charge >= 0.3 is 0 Å². The average Bonchev–Trinajstić information content (AvgIpc) is 2.24. The summed E-state index contributed by atoms with van der Waals surface area (Å²) in [5, 5.41) is 3.46. The Bertz CT molecular complexity index is 350. The Morgan fingerprint density at radius 1 is 1.38 bits per heavy atom. The van der Waals surface area contributed by atoms with Crippen molar-refractivity contribution >= 4 is 6.08 Å². The number of rotatable bonds is 5. The van der Waals surface area contributed by atoms with Crippen LogP contribution in [0.25, 0.3) is 6.08 Å². The molecule has 0 spiro atoms. The fourth-order valence-electron chi connectivity index (χ4n) is 1.61. The predicted octanol–water partition coefficient (Wildman–Crippen LogP) is 3.79. The molecule has 0 radical (unpaired) electrons. The molecular formula is C15H23N. The lowest BCUT2D eigenvalue weighted by molar-refractivity contribution is 0.617. The largest absolute Gasteiger partial charge is 0.311 e. The van der Waals surface area contributed by atoms with E-state index in [-0.39, 0.29) is 0 Å². The van der Waals surface area contributed by atoms with Crippen LogP contribution >= 0.6 is 0 Å². The van der Waals surface area contributed by atoms with Crippen LogP contribution in [0.3, 0.4) is 0 Å². The number of aryl methyl sites for hydroxylation is 1. The molecule has 1 rings (SSSR count). The zero-order valence-corrected chi connectivity index (χ0v) is 10.9. The molecule has 0 aliphatic rings. The maximum Gasteiger partial charge on any atom is 0.0170 e. The fourth-order valence-corrected chi connectivity index (χ4v) is 1.61. The molecule has 0 aliphatic carbocycles. The quantitative estimate of drug-likeness (QED) is 0.791. The summed E-state index contributed by atoms with van der Waals surface area (Å²) in [5.41, 5.74) is 4.09. The lowest BCUT2D eigenvalue weighted by atomic mass is 10.1. The molecule has 0 unspecified atom stereocenters. The maximum atomic E-state index is 3.46. The van der Waals surface area contributed by atoms with Crippen molar-refractivity contribution in [1.82, 2.24) is 5.32 Å². The Morgan fingerprint density at radius 2 is 2.12 bits per heavy atom. The highest BCUT2D eigenvalue weighted by atomic mass is 14.9. The first-order valence-electron chi connectivity index (χ1n) is 6.11. The minimum absolute atomic E-state index is 0.549. The number of hydrogen-bond acceptors (Lipinski definition) is 1. The van der Waals surface area contributed by atoms with E-state index in [0.29, 0.717) is 6.04 Å². The Balaban J connectivity index is 2.71. The highest BCUT2D eigenvalue weighted by Crippen LogP contribution is 2.11. The molecule has 16 heavy (non-hydrogen) atoms. The summed E-state index contributed by atoms with van der Waals surface area (Å²) in [6.45, 7) is 9.70. The van der Waals surface area contributed by atoms with Crippen molar-refractivity contribution in [3.05, 3.63) is 41.0 Å². The van der Waals surface area contributed by atoms with Crippen molar-refractivity contribution in [2.75, 3.05) is 6.54 Å². The predicted molar refractivity (Wildman–Crippen MR) is 72.6 cm³/mol. The number of nitrogens with one attached hydrogen (secondary N) is 1. The molecule has 1 N–H and O–H groups in total. The summed E-state index contributed by atoms with van der Waals surface area (Å²) < 4.78 is 0. The van der Waals surface area contributed by atoms with Gasteiger partial charge in [0.1, 0.15) is 0 Å².